The number of aliphatic hydroxyl groups is 1. The van der Waals surface area contributed by atoms with E-state index in [1.54, 1.807) is 6.07 Å². The molecule has 0 bridgehead atoms. The molecule has 0 aliphatic heterocycles. The van der Waals surface area contributed by atoms with Gasteiger partial charge in [0.25, 0.3) is 0 Å². The van der Waals surface area contributed by atoms with E-state index in [1.165, 1.54) is 13.2 Å². The van der Waals surface area contributed by atoms with Crippen LogP contribution in [0.1, 0.15) is 5.56 Å². The Hall–Kier alpha value is -0.590. The zero-order chi connectivity index (χ0) is 12.3. The molecule has 0 saturated carbocycles. The summed E-state index contributed by atoms with van der Waals surface area (Å²) >= 11 is 6.43. The van der Waals surface area contributed by atoms with E-state index in [2.05, 4.69) is 36.6 Å². The summed E-state index contributed by atoms with van der Waals surface area (Å²) in [4.78, 5) is 11.0. The van der Waals surface area contributed by atoms with Crippen LogP contribution in [0, 0.1) is 0 Å². The van der Waals surface area contributed by atoms with E-state index in [0.717, 1.165) is 0 Å². The normalized spacial score (nSPS) is 12.2. The molecular formula is C10H10Br2O4. The summed E-state index contributed by atoms with van der Waals surface area (Å²) in [6.45, 7) is 0. The predicted octanol–water partition coefficient (Wildman–Crippen LogP) is 1.99. The van der Waals surface area contributed by atoms with Crippen molar-refractivity contribution in [2.75, 3.05) is 7.11 Å². The van der Waals surface area contributed by atoms with Crippen molar-refractivity contribution in [2.45, 2.75) is 12.5 Å². The Kier molecular flexibility index (Phi) is 4.76. The van der Waals surface area contributed by atoms with E-state index >= 15 is 0 Å². The Balaban J connectivity index is 2.89. The summed E-state index contributed by atoms with van der Waals surface area (Å²) in [5, 5.41) is 18.9. The molecule has 0 aliphatic rings. The molecule has 0 amide bonds. The Morgan fingerprint density at radius 3 is 2.62 bits per heavy atom. The molecule has 0 fully saturated rings. The summed E-state index contributed by atoms with van der Waals surface area (Å²) in [5.74, 6) is -0.649. The molecule has 16 heavy (non-hydrogen) atoms. The van der Waals surface area contributed by atoms with Crippen molar-refractivity contribution >= 4 is 37.8 Å². The van der Waals surface area contributed by atoms with Crippen LogP contribution in [0.25, 0.3) is 0 Å². The van der Waals surface area contributed by atoms with Gasteiger partial charge >= 0.3 is 5.97 Å². The zero-order valence-corrected chi connectivity index (χ0v) is 11.6. The zero-order valence-electron chi connectivity index (χ0n) is 8.41. The number of hydrogen-bond donors (Lipinski definition) is 2. The molecule has 0 heterocycles. The van der Waals surface area contributed by atoms with Gasteiger partial charge in [0.15, 0.2) is 6.10 Å². The van der Waals surface area contributed by atoms with Crippen molar-refractivity contribution < 1.29 is 19.7 Å². The Morgan fingerprint density at radius 1 is 1.44 bits per heavy atom. The minimum atomic E-state index is -1.23. The van der Waals surface area contributed by atoms with Crippen LogP contribution in [0.5, 0.6) is 5.75 Å². The van der Waals surface area contributed by atoms with Gasteiger partial charge in [-0.15, -0.1) is 0 Å². The minimum absolute atomic E-state index is 0.0512. The number of aliphatic hydroxyl groups excluding tert-OH is 1. The number of phenolic OH excluding ortho intramolecular Hbond substituents is 1. The smallest absolute Gasteiger partial charge is 0.335 e. The van der Waals surface area contributed by atoms with Crippen LogP contribution in [0.15, 0.2) is 21.1 Å². The van der Waals surface area contributed by atoms with E-state index in [4.69, 9.17) is 0 Å². The van der Waals surface area contributed by atoms with Crippen LogP contribution in [0.3, 0.4) is 0 Å². The van der Waals surface area contributed by atoms with E-state index in [1.807, 2.05) is 0 Å². The highest BCUT2D eigenvalue weighted by atomic mass is 79.9. The Labute approximate surface area is 109 Å². The first-order chi connectivity index (χ1) is 7.45. The molecule has 1 aromatic carbocycles. The SMILES string of the molecule is COC(=O)C(O)Cc1cc(O)c(Br)cc1Br. The van der Waals surface area contributed by atoms with E-state index < -0.39 is 12.1 Å². The van der Waals surface area contributed by atoms with Crippen LogP contribution in [0.2, 0.25) is 0 Å². The lowest BCUT2D eigenvalue weighted by Gasteiger charge is -2.10. The van der Waals surface area contributed by atoms with Crippen molar-refractivity contribution in [3.63, 3.8) is 0 Å². The summed E-state index contributed by atoms with van der Waals surface area (Å²) in [6.07, 6.45) is -1.16. The van der Waals surface area contributed by atoms with Gasteiger partial charge in [-0.05, 0) is 33.6 Å². The third-order valence-corrected chi connectivity index (χ3v) is 3.38. The summed E-state index contributed by atoms with van der Waals surface area (Å²) < 4.78 is 5.63. The van der Waals surface area contributed by atoms with Gasteiger partial charge < -0.3 is 14.9 Å². The van der Waals surface area contributed by atoms with E-state index in [9.17, 15) is 15.0 Å². The average Bonchev–Trinajstić information content (AvgIpc) is 2.24. The fourth-order valence-electron chi connectivity index (χ4n) is 1.16. The molecule has 2 N–H and O–H groups in total. The molecule has 0 spiro atoms. The average molecular weight is 354 g/mol. The summed E-state index contributed by atoms with van der Waals surface area (Å²) in [6, 6.07) is 3.12. The van der Waals surface area contributed by atoms with Gasteiger partial charge in [0.2, 0.25) is 0 Å². The maximum Gasteiger partial charge on any atom is 0.335 e. The molecule has 1 unspecified atom stereocenters. The summed E-state index contributed by atoms with van der Waals surface area (Å²) in [7, 11) is 1.21. The van der Waals surface area contributed by atoms with Crippen molar-refractivity contribution in [1.29, 1.82) is 0 Å². The number of carbonyl (C=O) groups is 1. The number of aromatic hydroxyl groups is 1. The lowest BCUT2D eigenvalue weighted by Crippen LogP contribution is -2.24. The fourth-order valence-corrected chi connectivity index (χ4v) is 2.32. The number of benzene rings is 1. The van der Waals surface area contributed by atoms with Crippen molar-refractivity contribution in [1.82, 2.24) is 0 Å². The molecule has 88 valence electrons. The van der Waals surface area contributed by atoms with Crippen molar-refractivity contribution in [2.24, 2.45) is 0 Å². The Bertz CT molecular complexity index is 406. The fraction of sp³-hybridized carbons (Fsp3) is 0.300. The third-order valence-electron chi connectivity index (χ3n) is 2.00. The number of carbonyl (C=O) groups excluding carboxylic acids is 1. The molecule has 0 aliphatic carbocycles. The molecule has 0 radical (unpaired) electrons. The first-order valence-electron chi connectivity index (χ1n) is 4.38. The third kappa shape index (κ3) is 3.20. The number of rotatable bonds is 3. The number of hydrogen-bond acceptors (Lipinski definition) is 4. The number of methoxy groups -OCH3 is 1. The topological polar surface area (TPSA) is 66.8 Å². The second kappa shape index (κ2) is 5.65. The molecule has 0 saturated heterocycles. The van der Waals surface area contributed by atoms with E-state index in [0.29, 0.717) is 14.5 Å². The van der Waals surface area contributed by atoms with Crippen LogP contribution < -0.4 is 0 Å². The molecule has 1 aromatic rings. The summed E-state index contributed by atoms with van der Waals surface area (Å²) in [5.41, 5.74) is 0.624. The maximum atomic E-state index is 11.0. The predicted molar refractivity (Wildman–Crippen MR) is 65.2 cm³/mol. The highest BCUT2D eigenvalue weighted by Gasteiger charge is 2.18. The van der Waals surface area contributed by atoms with Gasteiger partial charge in [-0.1, -0.05) is 15.9 Å². The second-order valence-electron chi connectivity index (χ2n) is 3.14. The van der Waals surface area contributed by atoms with Gasteiger partial charge in [-0.2, -0.15) is 0 Å². The largest absolute Gasteiger partial charge is 0.507 e. The molecule has 1 rings (SSSR count). The van der Waals surface area contributed by atoms with Crippen molar-refractivity contribution in [3.05, 3.63) is 26.6 Å². The first kappa shape index (κ1) is 13.5. The van der Waals surface area contributed by atoms with Gasteiger partial charge in [-0.25, -0.2) is 4.79 Å². The number of halogens is 2. The maximum absolute atomic E-state index is 11.0. The first-order valence-corrected chi connectivity index (χ1v) is 5.97. The highest BCUT2D eigenvalue weighted by Crippen LogP contribution is 2.31. The molecular weight excluding hydrogens is 344 g/mol. The number of esters is 1. The van der Waals surface area contributed by atoms with Crippen LogP contribution >= 0.6 is 31.9 Å². The van der Waals surface area contributed by atoms with Gasteiger partial charge in [0.05, 0.1) is 11.6 Å². The van der Waals surface area contributed by atoms with Gasteiger partial charge in [0.1, 0.15) is 5.75 Å². The lowest BCUT2D eigenvalue weighted by molar-refractivity contribution is -0.150. The molecule has 6 heteroatoms. The van der Waals surface area contributed by atoms with Crippen molar-refractivity contribution in [3.8, 4) is 5.75 Å². The van der Waals surface area contributed by atoms with Gasteiger partial charge in [0, 0.05) is 10.9 Å². The minimum Gasteiger partial charge on any atom is -0.507 e. The quantitative estimate of drug-likeness (QED) is 0.815. The van der Waals surface area contributed by atoms with Gasteiger partial charge in [-0.3, -0.25) is 0 Å². The molecule has 0 aromatic heterocycles. The number of phenols is 1. The second-order valence-corrected chi connectivity index (χ2v) is 4.85. The van der Waals surface area contributed by atoms with Crippen LogP contribution in [0.4, 0.5) is 0 Å². The standard InChI is InChI=1S/C10H10Br2O4/c1-16-10(15)9(14)3-5-2-8(13)7(12)4-6(5)11/h2,4,9,13-14H,3H2,1H3. The van der Waals surface area contributed by atoms with Crippen LogP contribution in [-0.4, -0.2) is 29.4 Å². The Morgan fingerprint density at radius 2 is 2.06 bits per heavy atom. The molecule has 4 nitrogen and oxygen atoms in total. The monoisotopic (exact) mass is 352 g/mol. The number of ether oxygens (including phenoxy) is 1. The van der Waals surface area contributed by atoms with Crippen LogP contribution in [-0.2, 0) is 16.0 Å². The highest BCUT2D eigenvalue weighted by molar-refractivity contribution is 9.11. The molecule has 1 atom stereocenters. The lowest BCUT2D eigenvalue weighted by atomic mass is 10.1. The van der Waals surface area contributed by atoms with E-state index in [-0.39, 0.29) is 12.2 Å².